The van der Waals surface area contributed by atoms with Crippen molar-refractivity contribution in [2.24, 2.45) is 5.18 Å². The van der Waals surface area contributed by atoms with Crippen LogP contribution in [0.4, 0.5) is 28.4 Å². The van der Waals surface area contributed by atoms with Crippen LogP contribution in [0.15, 0.2) is 84.0 Å². The number of nitrogens with one attached hydrogen (secondary N) is 1. The topological polar surface area (TPSA) is 180 Å². The van der Waals surface area contributed by atoms with Crippen LogP contribution in [-0.2, 0) is 4.79 Å². The van der Waals surface area contributed by atoms with Gasteiger partial charge in [0.2, 0.25) is 6.41 Å². The number of nitrogen functional groups attached to an aromatic ring is 1. The average molecular weight is 554 g/mol. The molecule has 41 heavy (non-hydrogen) atoms. The van der Waals surface area contributed by atoms with Crippen LogP contribution in [0.25, 0.3) is 11.1 Å². The number of hydrogen-bond acceptors (Lipinski definition) is 8. The Morgan fingerprint density at radius 1 is 1.02 bits per heavy atom. The van der Waals surface area contributed by atoms with Gasteiger partial charge in [-0.3, -0.25) is 19.8 Å². The zero-order chi connectivity index (χ0) is 30.3. The Morgan fingerprint density at radius 3 is 2.24 bits per heavy atom. The molecule has 11 heteroatoms. The lowest BCUT2D eigenvalue weighted by atomic mass is 9.99. The molecule has 1 amide bonds. The number of amides is 1. The van der Waals surface area contributed by atoms with Gasteiger partial charge in [-0.15, -0.1) is 4.91 Å². The van der Waals surface area contributed by atoms with Gasteiger partial charge in [-0.25, -0.2) is 4.79 Å². The van der Waals surface area contributed by atoms with Crippen molar-refractivity contribution in [2.45, 2.75) is 20.8 Å². The van der Waals surface area contributed by atoms with Crippen molar-refractivity contribution in [3.8, 4) is 11.1 Å². The number of carbonyl (C=O) groups excluding carboxylic acids is 1. The maximum atomic E-state index is 11.6. The number of nitroso groups, excluding NO2 is 1. The number of rotatable bonds is 8. The molecule has 0 aliphatic rings. The minimum atomic E-state index is -1.14. The van der Waals surface area contributed by atoms with Gasteiger partial charge in [0.15, 0.2) is 0 Å². The van der Waals surface area contributed by atoms with Gasteiger partial charge in [-0.2, -0.15) is 0 Å². The molecule has 4 N–H and O–H groups in total. The molecule has 4 aromatic rings. The lowest BCUT2D eigenvalue weighted by Gasteiger charge is -2.21. The number of nitrogens with zero attached hydrogens (tertiary/aromatic N) is 3. The van der Waals surface area contributed by atoms with Crippen LogP contribution in [0.2, 0.25) is 0 Å². The van der Waals surface area contributed by atoms with E-state index in [2.05, 4.69) is 11.2 Å². The molecular weight excluding hydrogens is 526 g/mol. The van der Waals surface area contributed by atoms with Crippen LogP contribution in [0, 0.1) is 34.3 Å². The molecular formula is C30H27N5O6. The van der Waals surface area contributed by atoms with Crippen molar-refractivity contribution in [1.29, 1.82) is 5.41 Å². The third kappa shape index (κ3) is 7.03. The molecule has 0 aromatic heterocycles. The monoisotopic (exact) mass is 553 g/mol. The number of carboxylic acids is 1. The van der Waals surface area contributed by atoms with Crippen LogP contribution in [0.5, 0.6) is 0 Å². The molecule has 0 atom stereocenters. The number of benzene rings is 4. The number of hydrogen-bond donors (Lipinski definition) is 3. The highest BCUT2D eigenvalue weighted by Crippen LogP contribution is 2.35. The fourth-order valence-electron chi connectivity index (χ4n) is 4.22. The predicted octanol–water partition coefficient (Wildman–Crippen LogP) is 6.93. The summed E-state index contributed by atoms with van der Waals surface area (Å²) < 4.78 is 0. The fraction of sp³-hybridized carbons (Fsp3) is 0.100. The number of aryl methyl sites for hydroxylation is 2. The summed E-state index contributed by atoms with van der Waals surface area (Å²) >= 11 is 0. The lowest BCUT2D eigenvalue weighted by molar-refractivity contribution is -0.384. The predicted molar refractivity (Wildman–Crippen MR) is 158 cm³/mol. The molecule has 4 aromatic carbocycles. The summed E-state index contributed by atoms with van der Waals surface area (Å²) in [5, 5.41) is 30.8. The van der Waals surface area contributed by atoms with Gasteiger partial charge in [0.05, 0.1) is 21.9 Å². The second-order valence-corrected chi connectivity index (χ2v) is 9.13. The van der Waals surface area contributed by atoms with Crippen molar-refractivity contribution in [2.75, 3.05) is 10.6 Å². The SMILES string of the molecule is CC(=N)c1cc([N+](=O)[O-])ccc1N(C=O)c1cccc(C(=O)O)c1.Cc1cc(C)cc(-c2cccc(N)c2N=O)c1. The van der Waals surface area contributed by atoms with E-state index in [9.17, 15) is 24.6 Å². The summed E-state index contributed by atoms with van der Waals surface area (Å²) in [6.07, 6.45) is 0.467. The summed E-state index contributed by atoms with van der Waals surface area (Å²) in [6, 6.07) is 21.0. The third-order valence-electron chi connectivity index (χ3n) is 6.02. The number of carbonyl (C=O) groups is 2. The molecule has 208 valence electrons. The maximum absolute atomic E-state index is 11.6. The first-order valence-electron chi connectivity index (χ1n) is 12.2. The quantitative estimate of drug-likeness (QED) is 0.0528. The average Bonchev–Trinajstić information content (AvgIpc) is 2.93. The fourth-order valence-corrected chi connectivity index (χ4v) is 4.22. The van der Waals surface area contributed by atoms with Gasteiger partial charge in [-0.05, 0) is 61.8 Å². The Bertz CT molecular complexity index is 1650. The first-order chi connectivity index (χ1) is 19.5. The van der Waals surface area contributed by atoms with Crippen LogP contribution in [0.3, 0.4) is 0 Å². The van der Waals surface area contributed by atoms with Gasteiger partial charge in [0.1, 0.15) is 5.69 Å². The van der Waals surface area contributed by atoms with Crippen LogP contribution < -0.4 is 10.6 Å². The van der Waals surface area contributed by atoms with Gasteiger partial charge in [0, 0.05) is 34.7 Å². The first kappa shape index (κ1) is 29.8. The largest absolute Gasteiger partial charge is 0.478 e. The Hall–Kier alpha value is -5.71. The van der Waals surface area contributed by atoms with E-state index in [0.29, 0.717) is 17.8 Å². The number of anilines is 3. The van der Waals surface area contributed by atoms with Crippen molar-refractivity contribution in [1.82, 2.24) is 0 Å². The van der Waals surface area contributed by atoms with Gasteiger partial charge in [0.25, 0.3) is 5.69 Å². The van der Waals surface area contributed by atoms with Crippen molar-refractivity contribution in [3.63, 3.8) is 0 Å². The summed E-state index contributed by atoms with van der Waals surface area (Å²) in [5.41, 5.74) is 11.1. The molecule has 0 radical (unpaired) electrons. The number of aromatic carboxylic acids is 1. The molecule has 0 unspecified atom stereocenters. The van der Waals surface area contributed by atoms with E-state index < -0.39 is 10.9 Å². The Balaban J connectivity index is 0.000000239. The number of carboxylic acid groups (broad SMARTS) is 1. The van der Waals surface area contributed by atoms with E-state index in [-0.39, 0.29) is 33.9 Å². The smallest absolute Gasteiger partial charge is 0.335 e. The van der Waals surface area contributed by atoms with Crippen molar-refractivity contribution < 1.29 is 19.6 Å². The van der Waals surface area contributed by atoms with E-state index in [1.54, 1.807) is 6.07 Å². The molecule has 0 aliphatic carbocycles. The first-order valence-corrected chi connectivity index (χ1v) is 12.2. The van der Waals surface area contributed by atoms with Crippen LogP contribution in [-0.4, -0.2) is 28.1 Å². The summed E-state index contributed by atoms with van der Waals surface area (Å²) in [7, 11) is 0. The minimum Gasteiger partial charge on any atom is -0.478 e. The number of nitro benzene ring substituents is 1. The molecule has 0 spiro atoms. The van der Waals surface area contributed by atoms with Crippen molar-refractivity contribution in [3.05, 3.63) is 116 Å². The highest BCUT2D eigenvalue weighted by molar-refractivity contribution is 6.06. The maximum Gasteiger partial charge on any atom is 0.335 e. The molecule has 0 saturated heterocycles. The van der Waals surface area contributed by atoms with Crippen molar-refractivity contribution >= 4 is 46.5 Å². The second-order valence-electron chi connectivity index (χ2n) is 9.13. The van der Waals surface area contributed by atoms with Gasteiger partial charge in [-0.1, -0.05) is 47.5 Å². The summed E-state index contributed by atoms with van der Waals surface area (Å²) in [6.45, 7) is 5.49. The molecule has 0 bridgehead atoms. The number of non-ortho nitro benzene ring substituents is 1. The van der Waals surface area contributed by atoms with Gasteiger partial charge < -0.3 is 16.2 Å². The highest BCUT2D eigenvalue weighted by Gasteiger charge is 2.19. The Labute approximate surface area is 235 Å². The molecule has 0 aliphatic heterocycles. The van der Waals surface area contributed by atoms with Crippen LogP contribution in [0.1, 0.15) is 34.0 Å². The molecule has 4 rings (SSSR count). The Morgan fingerprint density at radius 2 is 1.68 bits per heavy atom. The summed E-state index contributed by atoms with van der Waals surface area (Å²) in [5.74, 6) is -1.14. The lowest BCUT2D eigenvalue weighted by Crippen LogP contribution is -2.17. The molecule has 11 nitrogen and oxygen atoms in total. The standard InChI is InChI=1S/C16H13N3O5.C14H14N2O/c1-10(17)14-8-13(19(23)24)5-6-15(14)18(9-20)12-4-2-3-11(7-12)16(21)22;1-9-6-10(2)8-11(7-9)12-4-3-5-13(15)14(12)16-17/h2-9,17H,1H3,(H,21,22);3-8H,15H2,1-2H3. The third-order valence-corrected chi connectivity index (χ3v) is 6.02. The zero-order valence-corrected chi connectivity index (χ0v) is 22.5. The Kier molecular flexibility index (Phi) is 9.38. The van der Waals surface area contributed by atoms with E-state index in [4.69, 9.17) is 16.2 Å². The van der Waals surface area contributed by atoms with E-state index in [1.807, 2.05) is 38.1 Å². The van der Waals surface area contributed by atoms with E-state index in [0.717, 1.165) is 27.2 Å². The number of nitrogens with two attached hydrogens (primary N) is 1. The number of nitro groups is 1. The van der Waals surface area contributed by atoms with Crippen LogP contribution >= 0.6 is 0 Å². The normalized spacial score (nSPS) is 10.1. The minimum absolute atomic E-state index is 0.00520. The van der Waals surface area contributed by atoms with E-state index in [1.165, 1.54) is 49.4 Å². The highest BCUT2D eigenvalue weighted by atomic mass is 16.6. The molecule has 0 fully saturated rings. The second kappa shape index (κ2) is 12.9. The van der Waals surface area contributed by atoms with Gasteiger partial charge >= 0.3 is 5.97 Å². The van der Waals surface area contributed by atoms with E-state index >= 15 is 0 Å². The molecule has 0 heterocycles. The summed E-state index contributed by atoms with van der Waals surface area (Å²) in [4.78, 5) is 44.9. The zero-order valence-electron chi connectivity index (χ0n) is 22.5. The molecule has 0 saturated carbocycles.